The summed E-state index contributed by atoms with van der Waals surface area (Å²) < 4.78 is 6.24. The van der Waals surface area contributed by atoms with Crippen molar-refractivity contribution in [1.82, 2.24) is 0 Å². The summed E-state index contributed by atoms with van der Waals surface area (Å²) in [6.07, 6.45) is 0. The lowest BCUT2D eigenvalue weighted by atomic mass is 10.1. The lowest BCUT2D eigenvalue weighted by Gasteiger charge is -2.14. The van der Waals surface area contributed by atoms with Crippen molar-refractivity contribution in [3.8, 4) is 5.75 Å². The molecule has 0 saturated heterocycles. The zero-order valence-electron chi connectivity index (χ0n) is 10.6. The average Bonchev–Trinajstić information content (AvgIpc) is 2.41. The smallest absolute Gasteiger partial charge is 0.120 e. The number of hydrogen-bond acceptors (Lipinski definition) is 3. The minimum atomic E-state index is 0.333. The maximum absolute atomic E-state index is 5.96. The minimum Gasteiger partial charge on any atom is -0.497 e. The van der Waals surface area contributed by atoms with Gasteiger partial charge in [0.1, 0.15) is 10.7 Å². The van der Waals surface area contributed by atoms with Crippen LogP contribution in [0.25, 0.3) is 0 Å². The van der Waals surface area contributed by atoms with Gasteiger partial charge in [-0.15, -0.1) is 0 Å². The molecular weight excluding hydrogens is 407 g/mol. The van der Waals surface area contributed by atoms with Gasteiger partial charge in [0, 0.05) is 20.2 Å². The fourth-order valence-electron chi connectivity index (χ4n) is 1.70. The molecule has 20 heavy (non-hydrogen) atoms. The van der Waals surface area contributed by atoms with E-state index in [2.05, 4.69) is 27.9 Å². The summed E-state index contributed by atoms with van der Waals surface area (Å²) in [5, 5.41) is 4.01. The first kappa shape index (κ1) is 15.3. The first-order valence-electron chi connectivity index (χ1n) is 5.71. The molecule has 0 heterocycles. The Morgan fingerprint density at radius 2 is 2.00 bits per heavy atom. The van der Waals surface area contributed by atoms with Crippen LogP contribution in [0, 0.1) is 3.57 Å². The number of ether oxygens (including phenoxy) is 1. The van der Waals surface area contributed by atoms with Gasteiger partial charge in [-0.1, -0.05) is 23.8 Å². The van der Waals surface area contributed by atoms with Crippen LogP contribution in [-0.2, 0) is 0 Å². The maximum atomic E-state index is 5.96. The van der Waals surface area contributed by atoms with Gasteiger partial charge in [0.2, 0.25) is 0 Å². The van der Waals surface area contributed by atoms with Crippen LogP contribution in [0.4, 0.5) is 11.4 Å². The van der Waals surface area contributed by atoms with Crippen molar-refractivity contribution in [1.29, 1.82) is 0 Å². The Morgan fingerprint density at radius 1 is 1.25 bits per heavy atom. The fourth-order valence-corrected chi connectivity index (χ4v) is 2.89. The number of nitrogens with two attached hydrogens (primary N) is 1. The first-order valence-corrected chi connectivity index (χ1v) is 7.57. The molecule has 0 radical (unpaired) electrons. The zero-order chi connectivity index (χ0) is 14.7. The van der Waals surface area contributed by atoms with Crippen molar-refractivity contribution in [3.05, 3.63) is 50.6 Å². The summed E-state index contributed by atoms with van der Waals surface area (Å²) in [5.74, 6) is 0.733. The van der Waals surface area contributed by atoms with Gasteiger partial charge in [-0.3, -0.25) is 0 Å². The fraction of sp³-hybridized carbons (Fsp3) is 0.0714. The Labute approximate surface area is 141 Å². The second-order valence-electron chi connectivity index (χ2n) is 4.02. The third kappa shape index (κ3) is 3.53. The molecule has 6 heteroatoms. The molecule has 104 valence electrons. The van der Waals surface area contributed by atoms with E-state index >= 15 is 0 Å². The van der Waals surface area contributed by atoms with Gasteiger partial charge in [0.05, 0.1) is 18.5 Å². The van der Waals surface area contributed by atoms with Gasteiger partial charge in [-0.05, 0) is 52.9 Å². The molecule has 0 amide bonds. The van der Waals surface area contributed by atoms with Crippen LogP contribution in [-0.4, -0.2) is 12.1 Å². The van der Waals surface area contributed by atoms with Crippen LogP contribution in [0.2, 0.25) is 5.02 Å². The molecule has 0 spiro atoms. The molecule has 2 aromatic carbocycles. The predicted octanol–water partition coefficient (Wildman–Crippen LogP) is 4.33. The Morgan fingerprint density at radius 3 is 2.60 bits per heavy atom. The largest absolute Gasteiger partial charge is 0.497 e. The van der Waals surface area contributed by atoms with Crippen molar-refractivity contribution in [2.24, 2.45) is 5.73 Å². The Hall–Kier alpha value is -1.05. The monoisotopic (exact) mass is 418 g/mol. The molecule has 0 unspecified atom stereocenters. The van der Waals surface area contributed by atoms with Crippen molar-refractivity contribution in [2.75, 3.05) is 12.4 Å². The van der Waals surface area contributed by atoms with Crippen LogP contribution >= 0.6 is 46.4 Å². The van der Waals surface area contributed by atoms with E-state index in [1.807, 2.05) is 36.4 Å². The molecule has 0 aliphatic carbocycles. The van der Waals surface area contributed by atoms with Crippen molar-refractivity contribution < 1.29 is 4.74 Å². The quantitative estimate of drug-likeness (QED) is 0.573. The van der Waals surface area contributed by atoms with Crippen molar-refractivity contribution in [3.63, 3.8) is 0 Å². The molecule has 3 nitrogen and oxygen atoms in total. The van der Waals surface area contributed by atoms with Gasteiger partial charge >= 0.3 is 0 Å². The maximum Gasteiger partial charge on any atom is 0.120 e. The summed E-state index contributed by atoms with van der Waals surface area (Å²) in [5.41, 5.74) is 8.25. The molecule has 0 atom stereocenters. The molecule has 0 fully saturated rings. The van der Waals surface area contributed by atoms with E-state index in [0.29, 0.717) is 10.0 Å². The molecule has 3 N–H and O–H groups in total. The number of rotatable bonds is 4. The summed E-state index contributed by atoms with van der Waals surface area (Å²) in [7, 11) is 1.62. The van der Waals surface area contributed by atoms with Gasteiger partial charge < -0.3 is 15.8 Å². The number of nitrogens with one attached hydrogen (secondary N) is 1. The standard InChI is InChI=1S/C14H12ClIN2OS/c1-19-9-3-4-10(14(17)20)13(7-9)18-12-5-2-8(15)6-11(12)16/h2-7,18H,1H3,(H2,17,20). The van der Waals surface area contributed by atoms with E-state index in [1.165, 1.54) is 0 Å². The average molecular weight is 419 g/mol. The Balaban J connectivity index is 2.43. The van der Waals surface area contributed by atoms with Crippen molar-refractivity contribution in [2.45, 2.75) is 0 Å². The summed E-state index contributed by atoms with van der Waals surface area (Å²) in [4.78, 5) is 0.333. The highest BCUT2D eigenvalue weighted by Crippen LogP contribution is 2.29. The van der Waals surface area contributed by atoms with E-state index in [9.17, 15) is 0 Å². The van der Waals surface area contributed by atoms with Crippen LogP contribution in [0.5, 0.6) is 5.75 Å². The van der Waals surface area contributed by atoms with Gasteiger partial charge in [0.25, 0.3) is 0 Å². The highest BCUT2D eigenvalue weighted by molar-refractivity contribution is 14.1. The summed E-state index contributed by atoms with van der Waals surface area (Å²) >= 11 is 13.2. The Kier molecular flexibility index (Phi) is 5.06. The third-order valence-electron chi connectivity index (χ3n) is 2.69. The normalized spacial score (nSPS) is 10.2. The van der Waals surface area contributed by atoms with Crippen molar-refractivity contribution >= 4 is 62.8 Å². The molecule has 0 bridgehead atoms. The number of halogens is 2. The number of thiocarbonyl (C=S) groups is 1. The number of anilines is 2. The highest BCUT2D eigenvalue weighted by Gasteiger charge is 2.09. The van der Waals surface area contributed by atoms with E-state index in [-0.39, 0.29) is 0 Å². The number of benzene rings is 2. The van der Waals surface area contributed by atoms with Crippen LogP contribution in [0.15, 0.2) is 36.4 Å². The second kappa shape index (κ2) is 6.60. The van der Waals surface area contributed by atoms with E-state index in [1.54, 1.807) is 7.11 Å². The topological polar surface area (TPSA) is 47.3 Å². The molecule has 0 aliphatic heterocycles. The summed E-state index contributed by atoms with van der Waals surface area (Å²) in [6, 6.07) is 11.1. The highest BCUT2D eigenvalue weighted by atomic mass is 127. The molecule has 2 aromatic rings. The lowest BCUT2D eigenvalue weighted by Crippen LogP contribution is -2.12. The van der Waals surface area contributed by atoms with E-state index in [4.69, 9.17) is 34.3 Å². The Bertz CT molecular complexity index is 664. The minimum absolute atomic E-state index is 0.333. The summed E-state index contributed by atoms with van der Waals surface area (Å²) in [6.45, 7) is 0. The molecular formula is C14H12ClIN2OS. The predicted molar refractivity (Wildman–Crippen MR) is 96.3 cm³/mol. The van der Waals surface area contributed by atoms with Gasteiger partial charge in [-0.2, -0.15) is 0 Å². The van der Waals surface area contributed by atoms with Gasteiger partial charge in [-0.25, -0.2) is 0 Å². The number of hydrogen-bond donors (Lipinski definition) is 2. The van der Waals surface area contributed by atoms with E-state index in [0.717, 1.165) is 26.3 Å². The number of methoxy groups -OCH3 is 1. The van der Waals surface area contributed by atoms with Crippen LogP contribution in [0.3, 0.4) is 0 Å². The molecule has 0 aliphatic rings. The molecule has 2 rings (SSSR count). The molecule has 0 aromatic heterocycles. The zero-order valence-corrected chi connectivity index (χ0v) is 14.3. The van der Waals surface area contributed by atoms with E-state index < -0.39 is 0 Å². The van der Waals surface area contributed by atoms with Crippen LogP contribution in [0.1, 0.15) is 5.56 Å². The van der Waals surface area contributed by atoms with Crippen LogP contribution < -0.4 is 15.8 Å². The lowest BCUT2D eigenvalue weighted by molar-refractivity contribution is 0.415. The SMILES string of the molecule is COc1ccc(C(N)=S)c(Nc2ccc(Cl)cc2I)c1. The molecule has 0 saturated carbocycles. The third-order valence-corrected chi connectivity index (χ3v) is 4.04. The first-order chi connectivity index (χ1) is 9.51. The second-order valence-corrected chi connectivity index (χ2v) is 6.06. The van der Waals surface area contributed by atoms with Gasteiger partial charge in [0.15, 0.2) is 0 Å².